The van der Waals surface area contributed by atoms with Crippen molar-refractivity contribution in [3.05, 3.63) is 64.5 Å². The van der Waals surface area contributed by atoms with Crippen molar-refractivity contribution in [3.8, 4) is 5.75 Å². The van der Waals surface area contributed by atoms with Crippen molar-refractivity contribution >= 4 is 45.1 Å². The van der Waals surface area contributed by atoms with Gasteiger partial charge in [-0.1, -0.05) is 24.3 Å². The monoisotopic (exact) mass is 420 g/mol. The van der Waals surface area contributed by atoms with E-state index in [0.717, 1.165) is 20.5 Å². The van der Waals surface area contributed by atoms with E-state index in [2.05, 4.69) is 5.32 Å². The molecule has 7 nitrogen and oxygen atoms in total. The molecule has 2 aromatic carbocycles. The summed E-state index contributed by atoms with van der Waals surface area (Å²) in [6.45, 7) is 0.250. The number of carbonyl (C=O) groups excluding carboxylic acids is 4. The molecule has 1 fully saturated rings. The van der Waals surface area contributed by atoms with Gasteiger partial charge in [0.2, 0.25) is 11.8 Å². The Morgan fingerprint density at radius 1 is 1.03 bits per heavy atom. The fourth-order valence-corrected chi connectivity index (χ4v) is 4.85. The molecule has 30 heavy (non-hydrogen) atoms. The summed E-state index contributed by atoms with van der Waals surface area (Å²) < 4.78 is 7.10. The van der Waals surface area contributed by atoms with E-state index < -0.39 is 29.7 Å². The smallest absolute Gasteiger partial charge is 0.266 e. The Morgan fingerprint density at radius 2 is 1.87 bits per heavy atom. The summed E-state index contributed by atoms with van der Waals surface area (Å²) in [5.74, 6) is -1.85. The Morgan fingerprint density at radius 3 is 2.70 bits per heavy atom. The van der Waals surface area contributed by atoms with E-state index in [1.54, 1.807) is 29.5 Å². The van der Waals surface area contributed by atoms with Gasteiger partial charge >= 0.3 is 0 Å². The molecule has 4 amide bonds. The predicted molar refractivity (Wildman–Crippen MR) is 109 cm³/mol. The van der Waals surface area contributed by atoms with Gasteiger partial charge in [0.05, 0.1) is 11.1 Å². The topological polar surface area (TPSA) is 92.8 Å². The highest BCUT2D eigenvalue weighted by Crippen LogP contribution is 2.34. The molecule has 1 saturated heterocycles. The second-order valence-corrected chi connectivity index (χ2v) is 8.08. The number of imide groups is 2. The minimum absolute atomic E-state index is 0.0817. The number of amides is 4. The fraction of sp³-hybridized carbons (Fsp3) is 0.182. The molecule has 1 unspecified atom stereocenters. The van der Waals surface area contributed by atoms with E-state index >= 15 is 0 Å². The Bertz CT molecular complexity index is 1230. The van der Waals surface area contributed by atoms with Crippen molar-refractivity contribution in [2.75, 3.05) is 0 Å². The number of hydrogen-bond donors (Lipinski definition) is 1. The first-order valence-electron chi connectivity index (χ1n) is 9.47. The lowest BCUT2D eigenvalue weighted by Gasteiger charge is -2.27. The quantitative estimate of drug-likeness (QED) is 0.655. The first-order chi connectivity index (χ1) is 14.5. The third kappa shape index (κ3) is 2.88. The van der Waals surface area contributed by atoms with Crippen LogP contribution in [0.2, 0.25) is 0 Å². The van der Waals surface area contributed by atoms with Gasteiger partial charge in [0, 0.05) is 16.7 Å². The summed E-state index contributed by atoms with van der Waals surface area (Å²) in [6.07, 6.45) is 0.200. The predicted octanol–water partition coefficient (Wildman–Crippen LogP) is 2.88. The highest BCUT2D eigenvalue weighted by atomic mass is 32.1. The maximum Gasteiger partial charge on any atom is 0.266 e. The minimum Gasteiger partial charge on any atom is -0.488 e. The van der Waals surface area contributed by atoms with Crippen LogP contribution in [0.5, 0.6) is 5.75 Å². The summed E-state index contributed by atoms with van der Waals surface area (Å²) in [4.78, 5) is 50.6. The molecule has 0 spiro atoms. The highest BCUT2D eigenvalue weighted by molar-refractivity contribution is 7.17. The van der Waals surface area contributed by atoms with Crippen molar-refractivity contribution in [1.82, 2.24) is 10.2 Å². The van der Waals surface area contributed by atoms with Crippen LogP contribution in [0.3, 0.4) is 0 Å². The average Bonchev–Trinajstić information content (AvgIpc) is 3.26. The van der Waals surface area contributed by atoms with Crippen LogP contribution in [0, 0.1) is 0 Å². The molecule has 1 N–H and O–H groups in total. The number of nitrogens with one attached hydrogen (secondary N) is 1. The van der Waals surface area contributed by atoms with E-state index in [9.17, 15) is 19.2 Å². The molecule has 1 aromatic heterocycles. The lowest BCUT2D eigenvalue weighted by molar-refractivity contribution is -0.136. The molecule has 0 saturated carbocycles. The zero-order chi connectivity index (χ0) is 20.8. The number of nitrogens with zero attached hydrogens (tertiary/aromatic N) is 1. The Labute approximate surface area is 175 Å². The number of rotatable bonds is 4. The van der Waals surface area contributed by atoms with Crippen LogP contribution < -0.4 is 10.1 Å². The maximum atomic E-state index is 13.1. The number of hydrogen-bond acceptors (Lipinski definition) is 6. The summed E-state index contributed by atoms with van der Waals surface area (Å²) in [7, 11) is 0. The van der Waals surface area contributed by atoms with Gasteiger partial charge in [-0.2, -0.15) is 0 Å². The van der Waals surface area contributed by atoms with Gasteiger partial charge in [0.1, 0.15) is 18.4 Å². The third-order valence-electron chi connectivity index (χ3n) is 5.37. The molecular weight excluding hydrogens is 404 g/mol. The first kappa shape index (κ1) is 18.5. The van der Waals surface area contributed by atoms with E-state index in [1.165, 1.54) is 0 Å². The summed E-state index contributed by atoms with van der Waals surface area (Å²) >= 11 is 1.61. The van der Waals surface area contributed by atoms with Gasteiger partial charge < -0.3 is 4.74 Å². The van der Waals surface area contributed by atoms with E-state index in [0.29, 0.717) is 5.75 Å². The molecule has 5 rings (SSSR count). The molecule has 3 aromatic rings. The van der Waals surface area contributed by atoms with Crippen LogP contribution in [-0.4, -0.2) is 34.6 Å². The molecule has 1 atom stereocenters. The molecule has 0 bridgehead atoms. The number of piperidine rings is 1. The zero-order valence-corrected chi connectivity index (χ0v) is 16.5. The van der Waals surface area contributed by atoms with Crippen molar-refractivity contribution in [2.45, 2.75) is 25.5 Å². The second kappa shape index (κ2) is 7.07. The van der Waals surface area contributed by atoms with Crippen LogP contribution in [0.25, 0.3) is 10.1 Å². The van der Waals surface area contributed by atoms with Crippen molar-refractivity contribution in [3.63, 3.8) is 0 Å². The van der Waals surface area contributed by atoms with E-state index in [1.807, 2.05) is 29.6 Å². The Hall–Kier alpha value is -3.52. The SMILES string of the molecule is O=C1CCC(N2C(=O)c3cccc(OCc4csc5ccccc45)c3C2=O)C(=O)N1. The molecule has 150 valence electrons. The van der Waals surface area contributed by atoms with Crippen LogP contribution in [0.4, 0.5) is 0 Å². The summed E-state index contributed by atoms with van der Waals surface area (Å²) in [5.41, 5.74) is 1.36. The van der Waals surface area contributed by atoms with Gasteiger partial charge in [-0.15, -0.1) is 11.3 Å². The number of ether oxygens (including phenoxy) is 1. The Kier molecular flexibility index (Phi) is 4.36. The molecule has 0 radical (unpaired) electrons. The zero-order valence-electron chi connectivity index (χ0n) is 15.7. The normalized spacial score (nSPS) is 18.7. The first-order valence-corrected chi connectivity index (χ1v) is 10.3. The highest BCUT2D eigenvalue weighted by Gasteiger charge is 2.45. The number of carbonyl (C=O) groups is 4. The summed E-state index contributed by atoms with van der Waals surface area (Å²) in [6, 6.07) is 11.8. The van der Waals surface area contributed by atoms with Crippen molar-refractivity contribution in [2.24, 2.45) is 0 Å². The summed E-state index contributed by atoms with van der Waals surface area (Å²) in [5, 5.41) is 5.29. The largest absolute Gasteiger partial charge is 0.488 e. The molecule has 8 heteroatoms. The van der Waals surface area contributed by atoms with E-state index in [-0.39, 0.29) is 30.6 Å². The standard InChI is InChI=1S/C22H16N2O5S/c25-18-9-8-15(20(26)23-18)24-21(27)14-5-3-6-16(19(14)22(24)28)29-10-12-11-30-17-7-2-1-4-13(12)17/h1-7,11,15H,8-10H2,(H,23,25,26). The number of benzene rings is 2. The third-order valence-corrected chi connectivity index (χ3v) is 6.39. The van der Waals surface area contributed by atoms with Gasteiger partial charge in [-0.05, 0) is 35.4 Å². The molecule has 2 aliphatic rings. The van der Waals surface area contributed by atoms with Gasteiger partial charge in [-0.3, -0.25) is 29.4 Å². The molecule has 3 heterocycles. The average molecular weight is 420 g/mol. The van der Waals surface area contributed by atoms with Crippen molar-refractivity contribution in [1.29, 1.82) is 0 Å². The number of fused-ring (bicyclic) bond motifs is 2. The van der Waals surface area contributed by atoms with Crippen LogP contribution in [0.15, 0.2) is 47.8 Å². The number of thiophene rings is 1. The van der Waals surface area contributed by atoms with Crippen molar-refractivity contribution < 1.29 is 23.9 Å². The van der Waals surface area contributed by atoms with Gasteiger partial charge in [0.15, 0.2) is 0 Å². The molecule has 2 aliphatic heterocycles. The molecule has 0 aliphatic carbocycles. The minimum atomic E-state index is -0.997. The fourth-order valence-electron chi connectivity index (χ4n) is 3.90. The van der Waals surface area contributed by atoms with Crippen LogP contribution in [-0.2, 0) is 16.2 Å². The van der Waals surface area contributed by atoms with Gasteiger partial charge in [-0.25, -0.2) is 0 Å². The maximum absolute atomic E-state index is 13.1. The van der Waals surface area contributed by atoms with E-state index in [4.69, 9.17) is 4.74 Å². The van der Waals surface area contributed by atoms with Crippen LogP contribution >= 0.6 is 11.3 Å². The lowest BCUT2D eigenvalue weighted by Crippen LogP contribution is -2.54. The Balaban J connectivity index is 1.43. The lowest BCUT2D eigenvalue weighted by atomic mass is 10.0. The molecular formula is C22H16N2O5S. The van der Waals surface area contributed by atoms with Gasteiger partial charge in [0.25, 0.3) is 11.8 Å². The van der Waals surface area contributed by atoms with Crippen LogP contribution in [0.1, 0.15) is 39.1 Å². The second-order valence-electron chi connectivity index (χ2n) is 7.17.